The summed E-state index contributed by atoms with van der Waals surface area (Å²) in [6.45, 7) is 0. The fourth-order valence-electron chi connectivity index (χ4n) is 1.67. The number of ketones is 1. The minimum absolute atomic E-state index is 0.0329. The largest absolute Gasteiger partial charge is 0.507 e. The van der Waals surface area contributed by atoms with Gasteiger partial charge < -0.3 is 9.84 Å². The molecule has 0 aliphatic rings. The van der Waals surface area contributed by atoms with Crippen molar-refractivity contribution in [2.24, 2.45) is 5.11 Å². The van der Waals surface area contributed by atoms with Crippen molar-refractivity contribution >= 4 is 11.9 Å². The molecule has 0 unspecified atom stereocenters. The molecule has 104 valence electrons. The van der Waals surface area contributed by atoms with E-state index in [0.717, 1.165) is 6.07 Å². The van der Waals surface area contributed by atoms with Crippen molar-refractivity contribution in [2.45, 2.75) is 0 Å². The molecular formula is C14H9N3O4. The lowest BCUT2D eigenvalue weighted by Gasteiger charge is -2.06. The second kappa shape index (κ2) is 6.23. The second-order valence-corrected chi connectivity index (χ2v) is 3.93. The van der Waals surface area contributed by atoms with E-state index in [1.807, 2.05) is 0 Å². The highest BCUT2D eigenvalue weighted by Gasteiger charge is 2.14. The van der Waals surface area contributed by atoms with Crippen LogP contribution in [0.3, 0.4) is 0 Å². The molecular weight excluding hydrogens is 274 g/mol. The summed E-state index contributed by atoms with van der Waals surface area (Å²) in [5.74, 6) is -0.731. The Morgan fingerprint density at radius 1 is 1.14 bits per heavy atom. The minimum atomic E-state index is -1.15. The average Bonchev–Trinajstić information content (AvgIpc) is 2.48. The molecule has 1 amide bonds. The van der Waals surface area contributed by atoms with Crippen molar-refractivity contribution in [1.82, 2.24) is 0 Å². The molecule has 0 radical (unpaired) electrons. The van der Waals surface area contributed by atoms with E-state index in [2.05, 4.69) is 14.8 Å². The van der Waals surface area contributed by atoms with Crippen LogP contribution in [-0.2, 0) is 0 Å². The fourth-order valence-corrected chi connectivity index (χ4v) is 1.67. The molecule has 0 spiro atoms. The number of hydrogen-bond acceptors (Lipinski definition) is 4. The first-order chi connectivity index (χ1) is 10.1. The Bertz CT molecular complexity index is 737. The number of carbonyl (C=O) groups is 2. The number of benzene rings is 2. The average molecular weight is 283 g/mol. The quantitative estimate of drug-likeness (QED) is 0.402. The molecule has 0 bridgehead atoms. The van der Waals surface area contributed by atoms with E-state index in [1.165, 1.54) is 12.1 Å². The molecule has 0 aliphatic heterocycles. The molecule has 0 saturated heterocycles. The molecule has 21 heavy (non-hydrogen) atoms. The number of phenols is 1. The van der Waals surface area contributed by atoms with Gasteiger partial charge >= 0.3 is 6.09 Å². The molecule has 0 heterocycles. The summed E-state index contributed by atoms with van der Waals surface area (Å²) in [7, 11) is 0. The van der Waals surface area contributed by atoms with E-state index in [9.17, 15) is 14.7 Å². The van der Waals surface area contributed by atoms with Crippen LogP contribution in [0.25, 0.3) is 10.4 Å². The lowest BCUT2D eigenvalue weighted by atomic mass is 10.0. The summed E-state index contributed by atoms with van der Waals surface area (Å²) in [4.78, 5) is 25.4. The number of amides is 1. The zero-order chi connectivity index (χ0) is 15.2. The maximum atomic E-state index is 12.2. The summed E-state index contributed by atoms with van der Waals surface area (Å²) in [5, 5.41) is 12.6. The van der Waals surface area contributed by atoms with Crippen LogP contribution in [0.4, 0.5) is 4.79 Å². The molecule has 2 aromatic carbocycles. The van der Waals surface area contributed by atoms with Crippen LogP contribution in [0.1, 0.15) is 15.9 Å². The highest BCUT2D eigenvalue weighted by molar-refractivity contribution is 6.10. The Kier molecular flexibility index (Phi) is 4.18. The van der Waals surface area contributed by atoms with E-state index in [-0.39, 0.29) is 22.8 Å². The van der Waals surface area contributed by atoms with Crippen molar-refractivity contribution < 1.29 is 19.4 Å². The van der Waals surface area contributed by atoms with Gasteiger partial charge in [-0.1, -0.05) is 30.3 Å². The molecule has 0 aromatic heterocycles. The Balaban J connectivity index is 2.26. The van der Waals surface area contributed by atoms with Crippen LogP contribution in [-0.4, -0.2) is 17.0 Å². The normalized spacial score (nSPS) is 9.52. The molecule has 0 fully saturated rings. The van der Waals surface area contributed by atoms with E-state index >= 15 is 0 Å². The van der Waals surface area contributed by atoms with Crippen molar-refractivity contribution in [2.75, 3.05) is 0 Å². The van der Waals surface area contributed by atoms with Crippen LogP contribution in [0.15, 0.2) is 53.6 Å². The molecule has 7 heteroatoms. The number of phenolic OH excluding ortho intramolecular Hbond substituents is 1. The van der Waals surface area contributed by atoms with Gasteiger partial charge in [0, 0.05) is 21.7 Å². The van der Waals surface area contributed by atoms with E-state index in [0.29, 0.717) is 5.56 Å². The third-order valence-electron chi connectivity index (χ3n) is 2.58. The Morgan fingerprint density at radius 3 is 2.48 bits per heavy atom. The highest BCUT2D eigenvalue weighted by Crippen LogP contribution is 2.26. The van der Waals surface area contributed by atoms with Gasteiger partial charge in [0.25, 0.3) is 0 Å². The van der Waals surface area contributed by atoms with Gasteiger partial charge in [0.2, 0.25) is 0 Å². The van der Waals surface area contributed by atoms with E-state index < -0.39 is 6.09 Å². The summed E-state index contributed by atoms with van der Waals surface area (Å²) < 4.78 is 4.65. The number of aromatic hydroxyl groups is 1. The number of ether oxygens (including phenoxy) is 1. The predicted octanol–water partition coefficient (Wildman–Crippen LogP) is 3.43. The van der Waals surface area contributed by atoms with E-state index in [1.54, 1.807) is 30.3 Å². The lowest BCUT2D eigenvalue weighted by Crippen LogP contribution is -2.03. The Hall–Kier alpha value is -3.31. The smallest absolute Gasteiger partial charge is 0.402 e. The van der Waals surface area contributed by atoms with Gasteiger partial charge in [-0.15, -0.1) is 0 Å². The zero-order valence-corrected chi connectivity index (χ0v) is 10.6. The monoisotopic (exact) mass is 283 g/mol. The summed E-state index contributed by atoms with van der Waals surface area (Å²) >= 11 is 0. The number of azide groups is 1. The maximum Gasteiger partial charge on any atom is 0.402 e. The summed E-state index contributed by atoms with van der Waals surface area (Å²) in [5.41, 5.74) is 8.57. The van der Waals surface area contributed by atoms with Gasteiger partial charge in [0.1, 0.15) is 11.5 Å². The summed E-state index contributed by atoms with van der Waals surface area (Å²) in [6, 6.07) is 12.2. The standard InChI is InChI=1S/C14H9N3O4/c15-17-16-14(20)21-10-6-7-11(12(18)8-10)13(19)9-4-2-1-3-5-9/h1-8,18H. The number of carbonyl (C=O) groups excluding carboxylic acids is 2. The number of nitrogens with zero attached hydrogens (tertiary/aromatic N) is 3. The molecule has 2 aromatic rings. The van der Waals surface area contributed by atoms with Crippen LogP contribution in [0, 0.1) is 0 Å². The second-order valence-electron chi connectivity index (χ2n) is 3.93. The van der Waals surface area contributed by atoms with Crippen molar-refractivity contribution in [3.63, 3.8) is 0 Å². The molecule has 2 rings (SSSR count). The molecule has 0 atom stereocenters. The predicted molar refractivity (Wildman–Crippen MR) is 73.2 cm³/mol. The van der Waals surface area contributed by atoms with Crippen LogP contribution in [0.2, 0.25) is 0 Å². The third-order valence-corrected chi connectivity index (χ3v) is 2.58. The third kappa shape index (κ3) is 3.37. The fraction of sp³-hybridized carbons (Fsp3) is 0. The SMILES string of the molecule is [N-]=[N+]=NC(=O)Oc1ccc(C(=O)c2ccccc2)c(O)c1. The van der Waals surface area contributed by atoms with Crippen molar-refractivity contribution in [1.29, 1.82) is 0 Å². The first-order valence-electron chi connectivity index (χ1n) is 5.81. The van der Waals surface area contributed by atoms with Gasteiger partial charge in [-0.2, -0.15) is 0 Å². The van der Waals surface area contributed by atoms with Crippen LogP contribution < -0.4 is 4.74 Å². The topological polar surface area (TPSA) is 112 Å². The molecule has 7 nitrogen and oxygen atoms in total. The van der Waals surface area contributed by atoms with Gasteiger partial charge in [-0.05, 0) is 17.7 Å². The Morgan fingerprint density at radius 2 is 1.86 bits per heavy atom. The molecule has 0 aliphatic carbocycles. The number of rotatable bonds is 3. The lowest BCUT2D eigenvalue weighted by molar-refractivity contribution is 0.103. The first kappa shape index (κ1) is 14.1. The Labute approximate surface area is 119 Å². The first-order valence-corrected chi connectivity index (χ1v) is 5.81. The zero-order valence-electron chi connectivity index (χ0n) is 10.6. The van der Waals surface area contributed by atoms with Crippen molar-refractivity contribution in [3.8, 4) is 11.5 Å². The highest BCUT2D eigenvalue weighted by atomic mass is 16.6. The van der Waals surface area contributed by atoms with Gasteiger partial charge in [0.15, 0.2) is 5.78 Å². The maximum absolute atomic E-state index is 12.2. The molecule has 1 N–H and O–H groups in total. The number of hydrogen-bond donors (Lipinski definition) is 1. The van der Waals surface area contributed by atoms with Gasteiger partial charge in [0.05, 0.1) is 5.56 Å². The summed E-state index contributed by atoms with van der Waals surface area (Å²) in [6.07, 6.45) is -1.15. The molecule has 0 saturated carbocycles. The van der Waals surface area contributed by atoms with E-state index in [4.69, 9.17) is 5.53 Å². The van der Waals surface area contributed by atoms with Crippen LogP contribution >= 0.6 is 0 Å². The minimum Gasteiger partial charge on any atom is -0.507 e. The van der Waals surface area contributed by atoms with Crippen molar-refractivity contribution in [3.05, 3.63) is 70.1 Å². The van der Waals surface area contributed by atoms with Gasteiger partial charge in [-0.25, -0.2) is 4.79 Å². The van der Waals surface area contributed by atoms with Crippen LogP contribution in [0.5, 0.6) is 11.5 Å². The van der Waals surface area contributed by atoms with Gasteiger partial charge in [-0.3, -0.25) is 4.79 Å².